The monoisotopic (exact) mass is 125 g/mol. The smallest absolute Gasteiger partial charge is 0.0248 e. The molecule has 1 aliphatic rings. The van der Waals surface area contributed by atoms with Crippen molar-refractivity contribution in [1.82, 2.24) is 0 Å². The average Bonchev–Trinajstić information content (AvgIpc) is 2.44. The van der Waals surface area contributed by atoms with Crippen LogP contribution < -0.4 is 5.73 Å². The van der Waals surface area contributed by atoms with Gasteiger partial charge < -0.3 is 5.73 Å². The Bertz CT molecular complexity index is 129. The summed E-state index contributed by atoms with van der Waals surface area (Å²) in [6.45, 7) is 8.06. The van der Waals surface area contributed by atoms with Crippen LogP contribution >= 0.6 is 0 Å². The molecular formula is C8H15N. The second-order valence-electron chi connectivity index (χ2n) is 3.31. The molecule has 0 bridgehead atoms. The standard InChI is InChI=1S/C8H15N/c1-4-7-5-8(7,9)6(2)3/h4,6-7H,1,5,9H2,2-3H3. The fraction of sp³-hybridized carbons (Fsp3) is 0.750. The lowest BCUT2D eigenvalue weighted by Crippen LogP contribution is -2.30. The van der Waals surface area contributed by atoms with Crippen LogP contribution in [0.2, 0.25) is 0 Å². The van der Waals surface area contributed by atoms with E-state index in [0.717, 1.165) is 6.42 Å². The van der Waals surface area contributed by atoms with Crippen LogP contribution in [0.15, 0.2) is 12.7 Å². The first-order valence-corrected chi connectivity index (χ1v) is 3.52. The summed E-state index contributed by atoms with van der Waals surface area (Å²) < 4.78 is 0. The highest BCUT2D eigenvalue weighted by molar-refractivity contribution is 5.16. The van der Waals surface area contributed by atoms with Crippen molar-refractivity contribution in [2.24, 2.45) is 17.6 Å². The zero-order valence-corrected chi connectivity index (χ0v) is 6.22. The van der Waals surface area contributed by atoms with E-state index in [-0.39, 0.29) is 5.54 Å². The highest BCUT2D eigenvalue weighted by Gasteiger charge is 2.50. The topological polar surface area (TPSA) is 26.0 Å². The summed E-state index contributed by atoms with van der Waals surface area (Å²) in [6, 6.07) is 0. The molecule has 1 fully saturated rings. The lowest BCUT2D eigenvalue weighted by molar-refractivity contribution is 0.458. The molecule has 2 unspecified atom stereocenters. The molecule has 0 saturated heterocycles. The first kappa shape index (κ1) is 6.81. The van der Waals surface area contributed by atoms with Crippen LogP contribution in [0.3, 0.4) is 0 Å². The van der Waals surface area contributed by atoms with Crippen molar-refractivity contribution in [3.05, 3.63) is 12.7 Å². The molecule has 0 aromatic carbocycles. The van der Waals surface area contributed by atoms with E-state index in [1.807, 2.05) is 6.08 Å². The molecule has 1 aliphatic carbocycles. The highest BCUT2D eigenvalue weighted by Crippen LogP contribution is 2.46. The van der Waals surface area contributed by atoms with Crippen molar-refractivity contribution in [2.75, 3.05) is 0 Å². The number of hydrogen-bond acceptors (Lipinski definition) is 1. The summed E-state index contributed by atoms with van der Waals surface area (Å²) in [7, 11) is 0. The minimum Gasteiger partial charge on any atom is -0.324 e. The van der Waals surface area contributed by atoms with Gasteiger partial charge >= 0.3 is 0 Å². The van der Waals surface area contributed by atoms with Gasteiger partial charge in [0.25, 0.3) is 0 Å². The van der Waals surface area contributed by atoms with Crippen molar-refractivity contribution < 1.29 is 0 Å². The molecule has 2 N–H and O–H groups in total. The van der Waals surface area contributed by atoms with Crippen LogP contribution in [-0.4, -0.2) is 5.54 Å². The van der Waals surface area contributed by atoms with E-state index >= 15 is 0 Å². The number of hydrogen-bond donors (Lipinski definition) is 1. The fourth-order valence-corrected chi connectivity index (χ4v) is 1.29. The van der Waals surface area contributed by atoms with Crippen LogP contribution in [-0.2, 0) is 0 Å². The predicted molar refractivity (Wildman–Crippen MR) is 40.1 cm³/mol. The SMILES string of the molecule is C=CC1CC1(N)C(C)C. The molecule has 0 radical (unpaired) electrons. The lowest BCUT2D eigenvalue weighted by atomic mass is 10.0. The maximum absolute atomic E-state index is 5.97. The third kappa shape index (κ3) is 0.897. The average molecular weight is 125 g/mol. The van der Waals surface area contributed by atoms with Crippen LogP contribution in [0.25, 0.3) is 0 Å². The maximum atomic E-state index is 5.97. The number of nitrogens with two attached hydrogens (primary N) is 1. The molecule has 1 heteroatoms. The van der Waals surface area contributed by atoms with Gasteiger partial charge in [0.05, 0.1) is 0 Å². The molecule has 0 aliphatic heterocycles. The fourth-order valence-electron chi connectivity index (χ4n) is 1.29. The Morgan fingerprint density at radius 3 is 2.44 bits per heavy atom. The van der Waals surface area contributed by atoms with Gasteiger partial charge in [0.1, 0.15) is 0 Å². The first-order valence-electron chi connectivity index (χ1n) is 3.52. The van der Waals surface area contributed by atoms with Gasteiger partial charge in [-0.05, 0) is 18.3 Å². The van der Waals surface area contributed by atoms with Crippen molar-refractivity contribution >= 4 is 0 Å². The zero-order chi connectivity index (χ0) is 7.07. The zero-order valence-electron chi connectivity index (χ0n) is 6.22. The van der Waals surface area contributed by atoms with E-state index in [4.69, 9.17) is 5.73 Å². The van der Waals surface area contributed by atoms with E-state index in [2.05, 4.69) is 20.4 Å². The minimum absolute atomic E-state index is 0.0990. The summed E-state index contributed by atoms with van der Waals surface area (Å²) in [6.07, 6.45) is 3.11. The van der Waals surface area contributed by atoms with Gasteiger partial charge in [-0.3, -0.25) is 0 Å². The highest BCUT2D eigenvalue weighted by atomic mass is 14.9. The molecule has 52 valence electrons. The molecule has 0 heterocycles. The normalized spacial score (nSPS) is 41.1. The second kappa shape index (κ2) is 1.84. The van der Waals surface area contributed by atoms with Crippen LogP contribution in [0.4, 0.5) is 0 Å². The molecule has 9 heavy (non-hydrogen) atoms. The summed E-state index contributed by atoms with van der Waals surface area (Å²) in [5.41, 5.74) is 6.07. The van der Waals surface area contributed by atoms with Gasteiger partial charge in [-0.15, -0.1) is 6.58 Å². The Morgan fingerprint density at radius 1 is 1.78 bits per heavy atom. The molecule has 0 aromatic rings. The van der Waals surface area contributed by atoms with Gasteiger partial charge in [0.15, 0.2) is 0 Å². The van der Waals surface area contributed by atoms with E-state index in [0.29, 0.717) is 11.8 Å². The Labute approximate surface area is 56.9 Å². The maximum Gasteiger partial charge on any atom is 0.0248 e. The quantitative estimate of drug-likeness (QED) is 0.557. The van der Waals surface area contributed by atoms with Crippen molar-refractivity contribution in [1.29, 1.82) is 0 Å². The van der Waals surface area contributed by atoms with Gasteiger partial charge in [-0.2, -0.15) is 0 Å². The molecule has 1 rings (SSSR count). The third-order valence-electron chi connectivity index (χ3n) is 2.46. The summed E-state index contributed by atoms with van der Waals surface area (Å²) in [4.78, 5) is 0. The van der Waals surface area contributed by atoms with Crippen LogP contribution in [0.1, 0.15) is 20.3 Å². The van der Waals surface area contributed by atoms with Crippen molar-refractivity contribution in [2.45, 2.75) is 25.8 Å². The van der Waals surface area contributed by atoms with E-state index < -0.39 is 0 Å². The van der Waals surface area contributed by atoms with Crippen LogP contribution in [0.5, 0.6) is 0 Å². The molecule has 2 atom stereocenters. The van der Waals surface area contributed by atoms with Gasteiger partial charge in [-0.1, -0.05) is 19.9 Å². The summed E-state index contributed by atoms with van der Waals surface area (Å²) in [5.74, 6) is 1.18. The Morgan fingerprint density at radius 2 is 2.33 bits per heavy atom. The second-order valence-corrected chi connectivity index (χ2v) is 3.31. The van der Waals surface area contributed by atoms with Gasteiger partial charge in [0, 0.05) is 5.54 Å². The Hall–Kier alpha value is -0.300. The predicted octanol–water partition coefficient (Wildman–Crippen LogP) is 1.55. The molecule has 0 amide bonds. The van der Waals surface area contributed by atoms with Crippen molar-refractivity contribution in [3.8, 4) is 0 Å². The van der Waals surface area contributed by atoms with E-state index in [1.165, 1.54) is 0 Å². The van der Waals surface area contributed by atoms with Gasteiger partial charge in [0.2, 0.25) is 0 Å². The largest absolute Gasteiger partial charge is 0.324 e. The lowest BCUT2D eigenvalue weighted by Gasteiger charge is -2.13. The first-order chi connectivity index (χ1) is 4.11. The van der Waals surface area contributed by atoms with Gasteiger partial charge in [-0.25, -0.2) is 0 Å². The molecule has 1 saturated carbocycles. The van der Waals surface area contributed by atoms with Crippen LogP contribution in [0, 0.1) is 11.8 Å². The molecule has 0 spiro atoms. The number of rotatable bonds is 2. The molecule has 0 aromatic heterocycles. The van der Waals surface area contributed by atoms with Crippen molar-refractivity contribution in [3.63, 3.8) is 0 Å². The van der Waals surface area contributed by atoms with E-state index in [1.54, 1.807) is 0 Å². The third-order valence-corrected chi connectivity index (χ3v) is 2.46. The Kier molecular flexibility index (Phi) is 1.39. The summed E-state index contributed by atoms with van der Waals surface area (Å²) in [5, 5.41) is 0. The van der Waals surface area contributed by atoms with E-state index in [9.17, 15) is 0 Å². The minimum atomic E-state index is 0.0990. The Balaban J connectivity index is 2.51. The summed E-state index contributed by atoms with van der Waals surface area (Å²) >= 11 is 0. The molecule has 1 nitrogen and oxygen atoms in total. The molecular weight excluding hydrogens is 110 g/mol.